The van der Waals surface area contributed by atoms with Crippen molar-refractivity contribution in [3.63, 3.8) is 0 Å². The summed E-state index contributed by atoms with van der Waals surface area (Å²) in [5.41, 5.74) is 6.34. The van der Waals surface area contributed by atoms with Crippen molar-refractivity contribution >= 4 is 22.4 Å². The molecule has 0 spiro atoms. The van der Waals surface area contributed by atoms with Crippen LogP contribution in [0, 0.1) is 12.8 Å². The minimum atomic E-state index is -0.0310. The molecule has 1 aliphatic carbocycles. The maximum Gasteiger partial charge on any atom is 0.263 e. The first kappa shape index (κ1) is 12.9. The first-order valence-electron chi connectivity index (χ1n) is 6.88. The second-order valence-corrected chi connectivity index (χ2v) is 6.59. The minimum Gasteiger partial charge on any atom is -0.375 e. The molecule has 19 heavy (non-hydrogen) atoms. The predicted molar refractivity (Wildman–Crippen MR) is 76.3 cm³/mol. The van der Waals surface area contributed by atoms with Crippen molar-refractivity contribution in [2.45, 2.75) is 32.2 Å². The molecule has 1 unspecified atom stereocenters. The Balaban J connectivity index is 1.49. The van der Waals surface area contributed by atoms with Crippen LogP contribution in [0.25, 0.3) is 0 Å². The molecule has 0 radical (unpaired) electrons. The average Bonchev–Trinajstić information content (AvgIpc) is 3.02. The molecule has 1 aromatic heterocycles. The first-order valence-corrected chi connectivity index (χ1v) is 7.70. The van der Waals surface area contributed by atoms with Crippen molar-refractivity contribution in [3.8, 4) is 0 Å². The summed E-state index contributed by atoms with van der Waals surface area (Å²) in [7, 11) is 0. The highest BCUT2D eigenvalue weighted by atomic mass is 32.1. The number of carbonyl (C=O) groups is 1. The van der Waals surface area contributed by atoms with Crippen LogP contribution in [0.4, 0.5) is 5.13 Å². The summed E-state index contributed by atoms with van der Waals surface area (Å²) in [5, 5.41) is 3.49. The van der Waals surface area contributed by atoms with Crippen LogP contribution in [0.15, 0.2) is 0 Å². The Morgan fingerprint density at radius 3 is 2.95 bits per heavy atom. The van der Waals surface area contributed by atoms with Gasteiger partial charge >= 0.3 is 0 Å². The van der Waals surface area contributed by atoms with E-state index in [1.165, 1.54) is 37.1 Å². The van der Waals surface area contributed by atoms with Crippen LogP contribution in [0.2, 0.25) is 0 Å². The number of carbonyl (C=O) groups excluding carboxylic acids is 1. The summed E-state index contributed by atoms with van der Waals surface area (Å²) in [5.74, 6) is 0.562. The number of nitrogens with zero attached hydrogens (tertiary/aromatic N) is 2. The van der Waals surface area contributed by atoms with Gasteiger partial charge in [0.1, 0.15) is 4.88 Å². The second-order valence-electron chi connectivity index (χ2n) is 5.56. The van der Waals surface area contributed by atoms with Gasteiger partial charge in [0.05, 0.1) is 5.69 Å². The minimum absolute atomic E-state index is 0.0310. The molecule has 1 saturated carbocycles. The average molecular weight is 280 g/mol. The van der Waals surface area contributed by atoms with Crippen molar-refractivity contribution in [3.05, 3.63) is 10.6 Å². The number of nitrogens with two attached hydrogens (primary N) is 1. The third-order valence-corrected chi connectivity index (χ3v) is 4.94. The Hall–Kier alpha value is -1.14. The molecular formula is C13H20N4OS. The summed E-state index contributed by atoms with van der Waals surface area (Å²) in [6.45, 7) is 4.91. The van der Waals surface area contributed by atoms with E-state index in [4.69, 9.17) is 5.73 Å². The predicted octanol–water partition coefficient (Wildman–Crippen LogP) is 1.25. The molecule has 6 heteroatoms. The highest BCUT2D eigenvalue weighted by molar-refractivity contribution is 7.17. The standard InChI is InChI=1S/C13H20N4OS/c1-8-11(19-13(14)16-8)12(18)15-6-9-4-5-17(7-9)10-2-3-10/h9-10H,2-7H2,1H3,(H2,14,16)(H,15,18). The number of nitrogen functional groups attached to an aromatic ring is 1. The maximum atomic E-state index is 12.1. The first-order chi connectivity index (χ1) is 9.13. The van der Waals surface area contributed by atoms with Gasteiger partial charge in [-0.2, -0.15) is 0 Å². The molecule has 104 valence electrons. The van der Waals surface area contributed by atoms with Crippen LogP contribution in [0.3, 0.4) is 0 Å². The lowest BCUT2D eigenvalue weighted by Gasteiger charge is -2.15. The smallest absolute Gasteiger partial charge is 0.263 e. The molecule has 3 rings (SSSR count). The number of hydrogen-bond acceptors (Lipinski definition) is 5. The van der Waals surface area contributed by atoms with Crippen molar-refractivity contribution < 1.29 is 4.79 Å². The fourth-order valence-electron chi connectivity index (χ4n) is 2.75. The van der Waals surface area contributed by atoms with Gasteiger partial charge in [0.15, 0.2) is 5.13 Å². The van der Waals surface area contributed by atoms with Gasteiger partial charge in [0.25, 0.3) is 5.91 Å². The third-order valence-electron chi connectivity index (χ3n) is 3.95. The number of anilines is 1. The fourth-order valence-corrected chi connectivity index (χ4v) is 3.50. The number of aromatic nitrogens is 1. The lowest BCUT2D eigenvalue weighted by atomic mass is 10.1. The van der Waals surface area contributed by atoms with Crippen LogP contribution >= 0.6 is 11.3 Å². The molecule has 5 nitrogen and oxygen atoms in total. The number of hydrogen-bond donors (Lipinski definition) is 2. The van der Waals surface area contributed by atoms with Gasteiger partial charge in [-0.05, 0) is 38.6 Å². The van der Waals surface area contributed by atoms with Gasteiger partial charge in [-0.15, -0.1) is 0 Å². The van der Waals surface area contributed by atoms with Gasteiger partial charge < -0.3 is 16.0 Å². The Morgan fingerprint density at radius 2 is 2.32 bits per heavy atom. The molecule has 0 bridgehead atoms. The topological polar surface area (TPSA) is 71.2 Å². The maximum absolute atomic E-state index is 12.1. The van der Waals surface area contributed by atoms with E-state index < -0.39 is 0 Å². The van der Waals surface area contributed by atoms with E-state index in [2.05, 4.69) is 15.2 Å². The number of rotatable bonds is 4. The van der Waals surface area contributed by atoms with Crippen LogP contribution in [-0.2, 0) is 0 Å². The number of aryl methyl sites for hydroxylation is 1. The van der Waals surface area contributed by atoms with E-state index >= 15 is 0 Å². The van der Waals surface area contributed by atoms with Gasteiger partial charge in [-0.3, -0.25) is 4.79 Å². The van der Waals surface area contributed by atoms with Crippen molar-refractivity contribution in [1.82, 2.24) is 15.2 Å². The third kappa shape index (κ3) is 2.90. The molecule has 2 aliphatic rings. The summed E-state index contributed by atoms with van der Waals surface area (Å²) >= 11 is 1.26. The molecule has 1 atom stereocenters. The fraction of sp³-hybridized carbons (Fsp3) is 0.692. The number of thiazole rings is 1. The molecule has 2 heterocycles. The SMILES string of the molecule is Cc1nc(N)sc1C(=O)NCC1CCN(C2CC2)C1. The van der Waals surface area contributed by atoms with Gasteiger partial charge in [0.2, 0.25) is 0 Å². The van der Waals surface area contributed by atoms with Crippen molar-refractivity contribution in [2.24, 2.45) is 5.92 Å². The van der Waals surface area contributed by atoms with E-state index in [1.807, 2.05) is 6.92 Å². The van der Waals surface area contributed by atoms with Gasteiger partial charge in [-0.25, -0.2) is 4.98 Å². The Kier molecular flexibility index (Phi) is 3.45. The van der Waals surface area contributed by atoms with Crippen LogP contribution in [0.1, 0.15) is 34.6 Å². The second kappa shape index (κ2) is 5.09. The van der Waals surface area contributed by atoms with E-state index in [1.54, 1.807) is 0 Å². The Morgan fingerprint density at radius 1 is 1.53 bits per heavy atom. The zero-order valence-corrected chi connectivity index (χ0v) is 12.0. The highest BCUT2D eigenvalue weighted by Gasteiger charge is 2.34. The van der Waals surface area contributed by atoms with Crippen molar-refractivity contribution in [1.29, 1.82) is 0 Å². The van der Waals surface area contributed by atoms with Crippen LogP contribution in [-0.4, -0.2) is 41.5 Å². The zero-order valence-electron chi connectivity index (χ0n) is 11.2. The lowest BCUT2D eigenvalue weighted by Crippen LogP contribution is -2.31. The molecule has 2 fully saturated rings. The molecule has 1 saturated heterocycles. The van der Waals surface area contributed by atoms with E-state index in [0.29, 0.717) is 15.9 Å². The largest absolute Gasteiger partial charge is 0.375 e. The highest BCUT2D eigenvalue weighted by Crippen LogP contribution is 2.31. The van der Waals surface area contributed by atoms with Crippen LogP contribution in [0.5, 0.6) is 0 Å². The summed E-state index contributed by atoms with van der Waals surface area (Å²) in [4.78, 5) is 19.3. The van der Waals surface area contributed by atoms with Crippen molar-refractivity contribution in [2.75, 3.05) is 25.4 Å². The monoisotopic (exact) mass is 280 g/mol. The quantitative estimate of drug-likeness (QED) is 0.870. The number of amides is 1. The number of likely N-dealkylation sites (tertiary alicyclic amines) is 1. The lowest BCUT2D eigenvalue weighted by molar-refractivity contribution is 0.0950. The summed E-state index contributed by atoms with van der Waals surface area (Å²) in [6.07, 6.45) is 3.91. The summed E-state index contributed by atoms with van der Waals surface area (Å²) in [6, 6.07) is 0.837. The van der Waals surface area contributed by atoms with E-state index in [0.717, 1.165) is 24.8 Å². The van der Waals surface area contributed by atoms with E-state index in [9.17, 15) is 4.79 Å². The summed E-state index contributed by atoms with van der Waals surface area (Å²) < 4.78 is 0. The molecule has 1 aliphatic heterocycles. The van der Waals surface area contributed by atoms with Gasteiger partial charge in [-0.1, -0.05) is 11.3 Å². The molecule has 0 aromatic carbocycles. The van der Waals surface area contributed by atoms with E-state index in [-0.39, 0.29) is 5.91 Å². The zero-order chi connectivity index (χ0) is 13.4. The molecule has 1 amide bonds. The Bertz CT molecular complexity index is 483. The normalized spacial score (nSPS) is 23.7. The molecule has 3 N–H and O–H groups in total. The Labute approximate surface area is 117 Å². The number of nitrogens with one attached hydrogen (secondary N) is 1. The van der Waals surface area contributed by atoms with Gasteiger partial charge in [0, 0.05) is 19.1 Å². The molecular weight excluding hydrogens is 260 g/mol. The molecule has 1 aromatic rings. The van der Waals surface area contributed by atoms with Crippen LogP contribution < -0.4 is 11.1 Å².